The second kappa shape index (κ2) is 5.68. The first kappa shape index (κ1) is 12.6. The molecule has 0 unspecified atom stereocenters. The Morgan fingerprint density at radius 1 is 1.39 bits per heavy atom. The first-order chi connectivity index (χ1) is 8.63. The smallest absolute Gasteiger partial charge is 0.218 e. The number of rotatable bonds is 2. The van der Waals surface area contributed by atoms with Gasteiger partial charge in [0.15, 0.2) is 0 Å². The van der Waals surface area contributed by atoms with Crippen LogP contribution in [0.3, 0.4) is 0 Å². The summed E-state index contributed by atoms with van der Waals surface area (Å²) in [6.45, 7) is 0. The highest BCUT2D eigenvalue weighted by Crippen LogP contribution is 2.21. The minimum absolute atomic E-state index is 0.166. The van der Waals surface area contributed by atoms with Gasteiger partial charge in [0.25, 0.3) is 0 Å². The van der Waals surface area contributed by atoms with Crippen molar-refractivity contribution < 1.29 is 0 Å². The highest BCUT2D eigenvalue weighted by atomic mass is 35.5. The van der Waals surface area contributed by atoms with Gasteiger partial charge < -0.3 is 16.8 Å². The second-order valence-corrected chi connectivity index (χ2v) is 4.52. The Bertz CT molecular complexity index is 480. The monoisotopic (exact) mass is 266 g/mol. The molecule has 2 rings (SSSR count). The van der Waals surface area contributed by atoms with Crippen molar-refractivity contribution >= 4 is 29.2 Å². The quantitative estimate of drug-likeness (QED) is 0.555. The molecule has 1 saturated carbocycles. The van der Waals surface area contributed by atoms with E-state index in [0.29, 0.717) is 16.8 Å². The summed E-state index contributed by atoms with van der Waals surface area (Å²) in [4.78, 5) is 12.1. The summed E-state index contributed by atoms with van der Waals surface area (Å²) in [6, 6.07) is 1.99. The zero-order valence-electron chi connectivity index (χ0n) is 9.81. The van der Waals surface area contributed by atoms with Gasteiger partial charge in [-0.1, -0.05) is 11.6 Å². The number of nitrogens with two attached hydrogens (primary N) is 2. The molecule has 1 fully saturated rings. The Labute approximate surface area is 110 Å². The van der Waals surface area contributed by atoms with Crippen LogP contribution in [-0.4, -0.2) is 22.9 Å². The van der Waals surface area contributed by atoms with Gasteiger partial charge in [0.2, 0.25) is 11.9 Å². The van der Waals surface area contributed by atoms with Gasteiger partial charge in [0.05, 0.1) is 22.9 Å². The third-order valence-corrected chi connectivity index (χ3v) is 2.81. The number of guanidine groups is 2. The molecule has 1 aliphatic rings. The van der Waals surface area contributed by atoms with Crippen molar-refractivity contribution in [1.29, 1.82) is 0 Å². The average molecular weight is 267 g/mol. The fourth-order valence-electron chi connectivity index (χ4n) is 1.51. The van der Waals surface area contributed by atoms with Crippen LogP contribution in [0, 0.1) is 0 Å². The Hall–Kier alpha value is -1.82. The van der Waals surface area contributed by atoms with Crippen molar-refractivity contribution in [3.63, 3.8) is 0 Å². The van der Waals surface area contributed by atoms with E-state index >= 15 is 0 Å². The molecule has 0 aromatic carbocycles. The summed E-state index contributed by atoms with van der Waals surface area (Å²) >= 11 is 5.80. The molecular weight excluding hydrogens is 252 g/mol. The number of halogens is 1. The minimum Gasteiger partial charge on any atom is -0.369 e. The molecule has 18 heavy (non-hydrogen) atoms. The van der Waals surface area contributed by atoms with Crippen molar-refractivity contribution in [3.8, 4) is 0 Å². The number of nitrogens with one attached hydrogen (secondary N) is 1. The molecule has 1 aromatic heterocycles. The van der Waals surface area contributed by atoms with E-state index in [4.69, 9.17) is 23.1 Å². The topological polar surface area (TPSA) is 102 Å². The predicted octanol–water partition coefficient (Wildman–Crippen LogP) is 1.33. The molecule has 6 nitrogen and oxygen atoms in total. The van der Waals surface area contributed by atoms with E-state index in [1.54, 1.807) is 12.3 Å². The van der Waals surface area contributed by atoms with E-state index in [2.05, 4.69) is 20.3 Å². The molecule has 0 saturated heterocycles. The standard InChI is InChI=1S/C11H15ClN6/c12-7-4-9(6-15-5-7)17-11(14)18-10(13)16-8-2-1-3-8/h4-6,8H,1-3H2,(H5,13,14,16,17,18). The number of aliphatic imine (C=N–C) groups is 2. The number of anilines is 1. The van der Waals surface area contributed by atoms with Crippen LogP contribution in [0.5, 0.6) is 0 Å². The van der Waals surface area contributed by atoms with Crippen LogP contribution in [-0.2, 0) is 0 Å². The van der Waals surface area contributed by atoms with E-state index < -0.39 is 0 Å². The van der Waals surface area contributed by atoms with Crippen molar-refractivity contribution in [3.05, 3.63) is 23.5 Å². The van der Waals surface area contributed by atoms with E-state index in [-0.39, 0.29) is 11.9 Å². The molecular formula is C11H15ClN6. The van der Waals surface area contributed by atoms with Crippen LogP contribution in [0.4, 0.5) is 5.69 Å². The van der Waals surface area contributed by atoms with Gasteiger partial charge in [-0.3, -0.25) is 4.98 Å². The summed E-state index contributed by atoms with van der Waals surface area (Å²) in [6.07, 6.45) is 6.47. The Balaban J connectivity index is 1.98. The third-order valence-electron chi connectivity index (χ3n) is 2.60. The summed E-state index contributed by atoms with van der Waals surface area (Å²) < 4.78 is 0. The van der Waals surface area contributed by atoms with Crippen LogP contribution < -0.4 is 16.8 Å². The largest absolute Gasteiger partial charge is 0.369 e. The van der Waals surface area contributed by atoms with Gasteiger partial charge in [-0.25, -0.2) is 4.99 Å². The normalized spacial score (nSPS) is 17.4. The van der Waals surface area contributed by atoms with Gasteiger partial charge in [-0.15, -0.1) is 0 Å². The maximum atomic E-state index is 5.80. The fraction of sp³-hybridized carbons (Fsp3) is 0.364. The lowest BCUT2D eigenvalue weighted by Crippen LogP contribution is -2.27. The first-order valence-corrected chi connectivity index (χ1v) is 6.06. The van der Waals surface area contributed by atoms with Gasteiger partial charge in [0, 0.05) is 6.20 Å². The lowest BCUT2D eigenvalue weighted by atomic mass is 9.94. The van der Waals surface area contributed by atoms with E-state index in [9.17, 15) is 0 Å². The van der Waals surface area contributed by atoms with Crippen molar-refractivity contribution in [2.24, 2.45) is 21.5 Å². The zero-order chi connectivity index (χ0) is 13.0. The highest BCUT2D eigenvalue weighted by Gasteiger charge is 2.16. The van der Waals surface area contributed by atoms with Crippen LogP contribution in [0.2, 0.25) is 5.02 Å². The molecule has 5 N–H and O–H groups in total. The third kappa shape index (κ3) is 3.59. The molecule has 1 aliphatic carbocycles. The van der Waals surface area contributed by atoms with Crippen LogP contribution >= 0.6 is 11.6 Å². The molecule has 1 heterocycles. The zero-order valence-corrected chi connectivity index (χ0v) is 10.6. The lowest BCUT2D eigenvalue weighted by Gasteiger charge is -2.20. The van der Waals surface area contributed by atoms with E-state index in [1.807, 2.05) is 0 Å². The summed E-state index contributed by atoms with van der Waals surface area (Å²) in [7, 11) is 0. The van der Waals surface area contributed by atoms with Gasteiger partial charge in [-0.2, -0.15) is 4.99 Å². The average Bonchev–Trinajstić information content (AvgIpc) is 2.23. The maximum Gasteiger partial charge on any atom is 0.218 e. The molecule has 0 radical (unpaired) electrons. The number of aromatic nitrogens is 1. The van der Waals surface area contributed by atoms with Crippen molar-refractivity contribution in [2.45, 2.75) is 25.3 Å². The molecule has 0 amide bonds. The number of hydrogen-bond donors (Lipinski definition) is 3. The highest BCUT2D eigenvalue weighted by molar-refractivity contribution is 6.30. The molecule has 0 atom stereocenters. The van der Waals surface area contributed by atoms with E-state index in [0.717, 1.165) is 12.8 Å². The summed E-state index contributed by atoms with van der Waals surface area (Å²) in [5.41, 5.74) is 12.0. The maximum absolute atomic E-state index is 5.80. The molecule has 0 bridgehead atoms. The number of hydrogen-bond acceptors (Lipinski definition) is 2. The lowest BCUT2D eigenvalue weighted by molar-refractivity contribution is 0.419. The van der Waals surface area contributed by atoms with Crippen LogP contribution in [0.25, 0.3) is 0 Å². The Morgan fingerprint density at radius 2 is 2.17 bits per heavy atom. The Kier molecular flexibility index (Phi) is 3.99. The second-order valence-electron chi connectivity index (χ2n) is 4.09. The molecule has 7 heteroatoms. The van der Waals surface area contributed by atoms with E-state index in [1.165, 1.54) is 12.6 Å². The minimum atomic E-state index is 0.166. The molecule has 0 aliphatic heterocycles. The summed E-state index contributed by atoms with van der Waals surface area (Å²) in [5, 5.41) is 3.36. The molecule has 1 aromatic rings. The predicted molar refractivity (Wildman–Crippen MR) is 73.8 cm³/mol. The fourth-order valence-corrected chi connectivity index (χ4v) is 1.69. The number of pyridine rings is 1. The molecule has 0 spiro atoms. The first-order valence-electron chi connectivity index (χ1n) is 5.68. The Morgan fingerprint density at radius 3 is 2.78 bits per heavy atom. The van der Waals surface area contributed by atoms with Crippen LogP contribution in [0.1, 0.15) is 19.3 Å². The van der Waals surface area contributed by atoms with Gasteiger partial charge in [-0.05, 0) is 25.3 Å². The SMILES string of the molecule is NC(=NC1CCC1)N=C(N)Nc1cncc(Cl)c1. The summed E-state index contributed by atoms with van der Waals surface area (Å²) in [5.74, 6) is 0.360. The van der Waals surface area contributed by atoms with Crippen molar-refractivity contribution in [1.82, 2.24) is 4.98 Å². The molecule has 96 valence electrons. The van der Waals surface area contributed by atoms with Gasteiger partial charge in [0.1, 0.15) is 0 Å². The van der Waals surface area contributed by atoms with Gasteiger partial charge >= 0.3 is 0 Å². The van der Waals surface area contributed by atoms with Crippen molar-refractivity contribution in [2.75, 3.05) is 5.32 Å². The van der Waals surface area contributed by atoms with Crippen LogP contribution in [0.15, 0.2) is 28.4 Å². The number of nitrogens with zero attached hydrogens (tertiary/aromatic N) is 3.